The van der Waals surface area contributed by atoms with Crippen LogP contribution in [0.1, 0.15) is 5.56 Å². The van der Waals surface area contributed by atoms with E-state index in [1.807, 2.05) is 6.07 Å². The summed E-state index contributed by atoms with van der Waals surface area (Å²) in [5.41, 5.74) is 0.803. The molecule has 72 valence electrons. The Bertz CT molecular complexity index is 429. The van der Waals surface area contributed by atoms with E-state index >= 15 is 0 Å². The zero-order valence-corrected chi connectivity index (χ0v) is 8.65. The van der Waals surface area contributed by atoms with Gasteiger partial charge in [0.05, 0.1) is 11.0 Å². The zero-order valence-electron chi connectivity index (χ0n) is 7.06. The number of hydrogen-bond donors (Lipinski definition) is 0. The van der Waals surface area contributed by atoms with Crippen molar-refractivity contribution in [3.05, 3.63) is 40.4 Å². The molecule has 0 saturated carbocycles. The van der Waals surface area contributed by atoms with Crippen molar-refractivity contribution in [1.82, 2.24) is 20.2 Å². The summed E-state index contributed by atoms with van der Waals surface area (Å²) >= 11 is 3.17. The van der Waals surface area contributed by atoms with Gasteiger partial charge < -0.3 is 0 Å². The Hall–Kier alpha value is -1.30. The van der Waals surface area contributed by atoms with Crippen LogP contribution >= 0.6 is 15.9 Å². The van der Waals surface area contributed by atoms with Gasteiger partial charge in [0.2, 0.25) is 0 Å². The van der Waals surface area contributed by atoms with Gasteiger partial charge in [-0.3, -0.25) is 0 Å². The molecule has 1 heterocycles. The van der Waals surface area contributed by atoms with Gasteiger partial charge in [0, 0.05) is 0 Å². The van der Waals surface area contributed by atoms with Crippen LogP contribution in [0.3, 0.4) is 0 Å². The van der Waals surface area contributed by atoms with Crippen LogP contribution < -0.4 is 0 Å². The molecule has 0 saturated heterocycles. The predicted octanol–water partition coefficient (Wildman–Crippen LogP) is 1.62. The number of nitrogens with zero attached hydrogens (tertiary/aromatic N) is 4. The minimum absolute atomic E-state index is 0.282. The Morgan fingerprint density at radius 2 is 2.29 bits per heavy atom. The van der Waals surface area contributed by atoms with Crippen molar-refractivity contribution >= 4 is 15.9 Å². The lowest BCUT2D eigenvalue weighted by atomic mass is 10.2. The summed E-state index contributed by atoms with van der Waals surface area (Å²) in [7, 11) is 0. The van der Waals surface area contributed by atoms with Gasteiger partial charge in [0.15, 0.2) is 0 Å². The van der Waals surface area contributed by atoms with Gasteiger partial charge in [-0.05, 0) is 38.0 Å². The molecule has 0 fully saturated rings. The molecule has 0 radical (unpaired) electrons. The first kappa shape index (κ1) is 9.26. The van der Waals surface area contributed by atoms with Crippen LogP contribution in [-0.2, 0) is 6.54 Å². The molecule has 1 aromatic heterocycles. The molecule has 0 bridgehead atoms. The molecule has 0 unspecified atom stereocenters. The van der Waals surface area contributed by atoms with Crippen molar-refractivity contribution in [2.45, 2.75) is 6.54 Å². The highest BCUT2D eigenvalue weighted by atomic mass is 79.9. The van der Waals surface area contributed by atoms with E-state index in [-0.39, 0.29) is 5.82 Å². The molecule has 14 heavy (non-hydrogen) atoms. The Morgan fingerprint density at radius 1 is 1.43 bits per heavy atom. The minimum atomic E-state index is -0.282. The number of aromatic nitrogens is 4. The van der Waals surface area contributed by atoms with Crippen LogP contribution in [0.5, 0.6) is 0 Å². The third-order valence-electron chi connectivity index (χ3n) is 1.76. The van der Waals surface area contributed by atoms with E-state index in [0.717, 1.165) is 5.56 Å². The molecule has 0 spiro atoms. The summed E-state index contributed by atoms with van der Waals surface area (Å²) in [5, 5.41) is 10.7. The molecular weight excluding hydrogens is 251 g/mol. The molecule has 0 aliphatic carbocycles. The number of hydrogen-bond acceptors (Lipinski definition) is 3. The number of benzene rings is 1. The third-order valence-corrected chi connectivity index (χ3v) is 2.64. The molecule has 0 N–H and O–H groups in total. The van der Waals surface area contributed by atoms with Crippen LogP contribution in [0, 0.1) is 5.82 Å². The summed E-state index contributed by atoms with van der Waals surface area (Å²) in [6, 6.07) is 4.86. The summed E-state index contributed by atoms with van der Waals surface area (Å²) in [6.07, 6.45) is 1.48. The summed E-state index contributed by atoms with van der Waals surface area (Å²) in [6.45, 7) is 0.450. The highest BCUT2D eigenvalue weighted by molar-refractivity contribution is 9.10. The number of tetrazole rings is 1. The minimum Gasteiger partial charge on any atom is -0.228 e. The Balaban J connectivity index is 2.29. The quantitative estimate of drug-likeness (QED) is 0.821. The van der Waals surface area contributed by atoms with Crippen molar-refractivity contribution in [1.29, 1.82) is 0 Å². The molecular formula is C8H6BrFN4. The first-order chi connectivity index (χ1) is 6.77. The van der Waals surface area contributed by atoms with Crippen molar-refractivity contribution < 1.29 is 4.39 Å². The van der Waals surface area contributed by atoms with Gasteiger partial charge in [-0.15, -0.1) is 5.10 Å². The maximum atomic E-state index is 13.1. The zero-order chi connectivity index (χ0) is 9.97. The average Bonchev–Trinajstić information content (AvgIpc) is 2.66. The Kier molecular flexibility index (Phi) is 2.53. The summed E-state index contributed by atoms with van der Waals surface area (Å²) < 4.78 is 15.1. The van der Waals surface area contributed by atoms with E-state index < -0.39 is 0 Å². The standard InChI is InChI=1S/C8H6BrFN4/c9-8-6(2-1-3-7(8)10)4-14-5-11-12-13-14/h1-3,5H,4H2. The van der Waals surface area contributed by atoms with Crippen LogP contribution in [0.4, 0.5) is 4.39 Å². The van der Waals surface area contributed by atoms with Crippen molar-refractivity contribution in [2.24, 2.45) is 0 Å². The molecule has 0 aliphatic rings. The van der Waals surface area contributed by atoms with Crippen LogP contribution in [0.2, 0.25) is 0 Å². The van der Waals surface area contributed by atoms with E-state index in [1.165, 1.54) is 17.1 Å². The second kappa shape index (κ2) is 3.83. The van der Waals surface area contributed by atoms with Crippen LogP contribution in [0.15, 0.2) is 29.0 Å². The average molecular weight is 257 g/mol. The summed E-state index contributed by atoms with van der Waals surface area (Å²) in [5.74, 6) is -0.282. The summed E-state index contributed by atoms with van der Waals surface area (Å²) in [4.78, 5) is 0. The Labute approximate surface area is 87.9 Å². The van der Waals surface area contributed by atoms with Gasteiger partial charge in [-0.25, -0.2) is 9.07 Å². The number of rotatable bonds is 2. The number of halogens is 2. The molecule has 6 heteroatoms. The fourth-order valence-electron chi connectivity index (χ4n) is 1.10. The second-order valence-electron chi connectivity index (χ2n) is 2.72. The van der Waals surface area contributed by atoms with Gasteiger partial charge in [-0.2, -0.15) is 0 Å². The van der Waals surface area contributed by atoms with Crippen molar-refractivity contribution in [3.8, 4) is 0 Å². The lowest BCUT2D eigenvalue weighted by Gasteiger charge is -2.03. The van der Waals surface area contributed by atoms with Crippen LogP contribution in [-0.4, -0.2) is 20.2 Å². The van der Waals surface area contributed by atoms with Gasteiger partial charge in [0.25, 0.3) is 0 Å². The smallest absolute Gasteiger partial charge is 0.138 e. The molecule has 2 rings (SSSR count). The monoisotopic (exact) mass is 256 g/mol. The molecule has 0 atom stereocenters. The lowest BCUT2D eigenvalue weighted by molar-refractivity contribution is 0.606. The van der Waals surface area contributed by atoms with E-state index in [2.05, 4.69) is 31.5 Å². The van der Waals surface area contributed by atoms with Gasteiger partial charge in [-0.1, -0.05) is 12.1 Å². The Morgan fingerprint density at radius 3 is 3.00 bits per heavy atom. The largest absolute Gasteiger partial charge is 0.228 e. The highest BCUT2D eigenvalue weighted by Gasteiger charge is 2.05. The van der Waals surface area contributed by atoms with Gasteiger partial charge >= 0.3 is 0 Å². The van der Waals surface area contributed by atoms with E-state index in [1.54, 1.807) is 6.07 Å². The van der Waals surface area contributed by atoms with E-state index in [9.17, 15) is 4.39 Å². The fraction of sp³-hybridized carbons (Fsp3) is 0.125. The van der Waals surface area contributed by atoms with Crippen molar-refractivity contribution in [3.63, 3.8) is 0 Å². The van der Waals surface area contributed by atoms with Crippen LogP contribution in [0.25, 0.3) is 0 Å². The van der Waals surface area contributed by atoms with Gasteiger partial charge in [0.1, 0.15) is 12.1 Å². The second-order valence-corrected chi connectivity index (χ2v) is 3.51. The SMILES string of the molecule is Fc1cccc(Cn2cnnn2)c1Br. The van der Waals surface area contributed by atoms with E-state index in [0.29, 0.717) is 11.0 Å². The first-order valence-electron chi connectivity index (χ1n) is 3.91. The van der Waals surface area contributed by atoms with E-state index in [4.69, 9.17) is 0 Å². The maximum absolute atomic E-state index is 13.1. The maximum Gasteiger partial charge on any atom is 0.138 e. The molecule has 1 aromatic carbocycles. The highest BCUT2D eigenvalue weighted by Crippen LogP contribution is 2.20. The molecule has 0 aliphatic heterocycles. The topological polar surface area (TPSA) is 43.6 Å². The molecule has 4 nitrogen and oxygen atoms in total. The normalized spacial score (nSPS) is 10.4. The molecule has 2 aromatic rings. The van der Waals surface area contributed by atoms with Crippen molar-refractivity contribution in [2.75, 3.05) is 0 Å². The predicted molar refractivity (Wildman–Crippen MR) is 51.0 cm³/mol. The molecule has 0 amide bonds. The lowest BCUT2D eigenvalue weighted by Crippen LogP contribution is -2.02. The first-order valence-corrected chi connectivity index (χ1v) is 4.70. The fourth-order valence-corrected chi connectivity index (χ4v) is 1.49. The third kappa shape index (κ3) is 1.79.